The van der Waals surface area contributed by atoms with Gasteiger partial charge in [0.15, 0.2) is 0 Å². The molecule has 0 atom stereocenters. The lowest BCUT2D eigenvalue weighted by atomic mass is 10.2. The van der Waals surface area contributed by atoms with Crippen molar-refractivity contribution in [1.29, 1.82) is 0 Å². The average molecular weight is 487 g/mol. The SMILES string of the molecule is CCn1c(CCC(=O)NCc2ccccc2OC)nc2cc(S(=O)(=O)N3CCOCC3)ccc21. The molecule has 9 nitrogen and oxygen atoms in total. The molecular weight excluding hydrogens is 456 g/mol. The zero-order valence-electron chi connectivity index (χ0n) is 19.5. The van der Waals surface area contributed by atoms with Crippen molar-refractivity contribution in [3.63, 3.8) is 0 Å². The zero-order chi connectivity index (χ0) is 24.1. The van der Waals surface area contributed by atoms with Crippen LogP contribution in [0.15, 0.2) is 47.4 Å². The maximum absolute atomic E-state index is 13.0. The van der Waals surface area contributed by atoms with Crippen LogP contribution >= 0.6 is 0 Å². The molecule has 0 spiro atoms. The molecule has 2 aromatic carbocycles. The van der Waals surface area contributed by atoms with Gasteiger partial charge in [-0.3, -0.25) is 4.79 Å². The smallest absolute Gasteiger partial charge is 0.243 e. The van der Waals surface area contributed by atoms with Crippen LogP contribution in [0.2, 0.25) is 0 Å². The van der Waals surface area contributed by atoms with E-state index in [-0.39, 0.29) is 17.2 Å². The first-order valence-corrected chi connectivity index (χ1v) is 12.8. The molecule has 182 valence electrons. The van der Waals surface area contributed by atoms with E-state index in [1.807, 2.05) is 35.8 Å². The van der Waals surface area contributed by atoms with Gasteiger partial charge in [0.25, 0.3) is 0 Å². The van der Waals surface area contributed by atoms with Gasteiger partial charge in [-0.25, -0.2) is 13.4 Å². The second-order valence-electron chi connectivity index (χ2n) is 8.03. The van der Waals surface area contributed by atoms with Crippen molar-refractivity contribution in [3.8, 4) is 5.75 Å². The topological polar surface area (TPSA) is 103 Å². The lowest BCUT2D eigenvalue weighted by molar-refractivity contribution is -0.121. The zero-order valence-corrected chi connectivity index (χ0v) is 20.3. The van der Waals surface area contributed by atoms with Gasteiger partial charge in [0.1, 0.15) is 11.6 Å². The summed E-state index contributed by atoms with van der Waals surface area (Å²) >= 11 is 0. The number of nitrogens with zero attached hydrogens (tertiary/aromatic N) is 3. The molecule has 0 unspecified atom stereocenters. The summed E-state index contributed by atoms with van der Waals surface area (Å²) < 4.78 is 40.1. The molecule has 1 fully saturated rings. The van der Waals surface area contributed by atoms with Gasteiger partial charge in [-0.2, -0.15) is 4.31 Å². The highest BCUT2D eigenvalue weighted by Crippen LogP contribution is 2.24. The number of aryl methyl sites for hydroxylation is 2. The molecule has 34 heavy (non-hydrogen) atoms. The fourth-order valence-corrected chi connectivity index (χ4v) is 5.58. The van der Waals surface area contributed by atoms with Crippen LogP contribution in [-0.2, 0) is 39.1 Å². The molecule has 1 saturated heterocycles. The number of hydrogen-bond donors (Lipinski definition) is 1. The van der Waals surface area contributed by atoms with Crippen LogP contribution < -0.4 is 10.1 Å². The first-order chi connectivity index (χ1) is 16.4. The number of fused-ring (bicyclic) bond motifs is 1. The average Bonchev–Trinajstić information content (AvgIpc) is 3.23. The van der Waals surface area contributed by atoms with Gasteiger partial charge >= 0.3 is 0 Å². The molecule has 3 aromatic rings. The molecule has 2 heterocycles. The van der Waals surface area contributed by atoms with Gasteiger partial charge in [-0.15, -0.1) is 0 Å². The largest absolute Gasteiger partial charge is 0.496 e. The third-order valence-corrected chi connectivity index (χ3v) is 7.86. The van der Waals surface area contributed by atoms with E-state index >= 15 is 0 Å². The Hall–Kier alpha value is -2.95. The van der Waals surface area contributed by atoms with Crippen molar-refractivity contribution >= 4 is 27.0 Å². The summed E-state index contributed by atoms with van der Waals surface area (Å²) in [4.78, 5) is 17.4. The first kappa shape index (κ1) is 24.2. The maximum atomic E-state index is 13.0. The van der Waals surface area contributed by atoms with E-state index in [0.29, 0.717) is 51.3 Å². The Morgan fingerprint density at radius 2 is 1.94 bits per heavy atom. The van der Waals surface area contributed by atoms with Crippen LogP contribution in [0.5, 0.6) is 5.75 Å². The summed E-state index contributed by atoms with van der Waals surface area (Å²) in [7, 11) is -1.99. The number of ether oxygens (including phenoxy) is 2. The number of sulfonamides is 1. The number of rotatable bonds is 9. The van der Waals surface area contributed by atoms with E-state index in [1.54, 1.807) is 25.3 Å². The molecule has 1 aromatic heterocycles. The summed E-state index contributed by atoms with van der Waals surface area (Å²) in [5, 5.41) is 2.93. The third kappa shape index (κ3) is 5.08. The van der Waals surface area contributed by atoms with E-state index in [1.165, 1.54) is 4.31 Å². The van der Waals surface area contributed by atoms with Crippen LogP contribution in [0.1, 0.15) is 24.7 Å². The third-order valence-electron chi connectivity index (χ3n) is 5.97. The van der Waals surface area contributed by atoms with Gasteiger partial charge < -0.3 is 19.4 Å². The summed E-state index contributed by atoms with van der Waals surface area (Å²) in [6, 6.07) is 12.6. The highest BCUT2D eigenvalue weighted by molar-refractivity contribution is 7.89. The van der Waals surface area contributed by atoms with E-state index < -0.39 is 10.0 Å². The second-order valence-corrected chi connectivity index (χ2v) is 9.97. The first-order valence-electron chi connectivity index (χ1n) is 11.4. The van der Waals surface area contributed by atoms with Crippen LogP contribution in [0, 0.1) is 0 Å². The predicted molar refractivity (Wildman–Crippen MR) is 128 cm³/mol. The van der Waals surface area contributed by atoms with Gasteiger partial charge in [-0.1, -0.05) is 18.2 Å². The molecule has 1 aliphatic rings. The molecule has 0 aliphatic carbocycles. The number of nitrogens with one attached hydrogen (secondary N) is 1. The fourth-order valence-electron chi connectivity index (χ4n) is 4.16. The lowest BCUT2D eigenvalue weighted by Gasteiger charge is -2.26. The standard InChI is InChI=1S/C24H30N4O5S/c1-3-28-21-9-8-19(34(30,31)27-12-14-33-15-13-27)16-20(21)26-23(28)10-11-24(29)25-17-18-6-4-5-7-22(18)32-2/h4-9,16H,3,10-15,17H2,1-2H3,(H,25,29). The van der Waals surface area contributed by atoms with Crippen molar-refractivity contribution in [2.75, 3.05) is 33.4 Å². The van der Waals surface area contributed by atoms with Crippen molar-refractivity contribution in [1.82, 2.24) is 19.2 Å². The van der Waals surface area contributed by atoms with Crippen molar-refractivity contribution in [3.05, 3.63) is 53.9 Å². The number of methoxy groups -OCH3 is 1. The highest BCUT2D eigenvalue weighted by atomic mass is 32.2. The molecule has 10 heteroatoms. The Morgan fingerprint density at radius 3 is 2.68 bits per heavy atom. The summed E-state index contributed by atoms with van der Waals surface area (Å²) in [6.45, 7) is 4.55. The van der Waals surface area contributed by atoms with E-state index in [2.05, 4.69) is 10.3 Å². The van der Waals surface area contributed by atoms with E-state index in [0.717, 1.165) is 22.7 Å². The number of amides is 1. The van der Waals surface area contributed by atoms with Gasteiger partial charge in [-0.05, 0) is 31.2 Å². The maximum Gasteiger partial charge on any atom is 0.243 e. The monoisotopic (exact) mass is 486 g/mol. The number of carbonyl (C=O) groups excluding carboxylic acids is 1. The molecule has 4 rings (SSSR count). The number of benzene rings is 2. The summed E-state index contributed by atoms with van der Waals surface area (Å²) in [5.74, 6) is 1.40. The summed E-state index contributed by atoms with van der Waals surface area (Å²) in [5.41, 5.74) is 2.38. The second kappa shape index (κ2) is 10.5. The van der Waals surface area contributed by atoms with Crippen LogP contribution in [0.25, 0.3) is 11.0 Å². The molecular formula is C24H30N4O5S. The molecule has 0 bridgehead atoms. The number of aromatic nitrogens is 2. The number of carbonyl (C=O) groups is 1. The van der Waals surface area contributed by atoms with Crippen LogP contribution in [-0.4, -0.2) is 61.6 Å². The molecule has 0 radical (unpaired) electrons. The van der Waals surface area contributed by atoms with Gasteiger partial charge in [0, 0.05) is 44.6 Å². The number of para-hydroxylation sites is 1. The van der Waals surface area contributed by atoms with E-state index in [4.69, 9.17) is 9.47 Å². The van der Waals surface area contributed by atoms with Crippen LogP contribution in [0.4, 0.5) is 0 Å². The van der Waals surface area contributed by atoms with Crippen LogP contribution in [0.3, 0.4) is 0 Å². The normalized spacial score (nSPS) is 14.9. The minimum Gasteiger partial charge on any atom is -0.496 e. The highest BCUT2D eigenvalue weighted by Gasteiger charge is 2.27. The molecule has 1 amide bonds. The molecule has 1 N–H and O–H groups in total. The Kier molecular flexibility index (Phi) is 7.50. The molecule has 0 saturated carbocycles. The summed E-state index contributed by atoms with van der Waals surface area (Å²) in [6.07, 6.45) is 0.725. The Labute approximate surface area is 199 Å². The van der Waals surface area contributed by atoms with Gasteiger partial charge in [0.2, 0.25) is 15.9 Å². The minimum atomic E-state index is -3.60. The number of morpholine rings is 1. The van der Waals surface area contributed by atoms with Crippen molar-refractivity contribution in [2.24, 2.45) is 0 Å². The minimum absolute atomic E-state index is 0.0869. The lowest BCUT2D eigenvalue weighted by Crippen LogP contribution is -2.40. The van der Waals surface area contributed by atoms with Crippen molar-refractivity contribution in [2.45, 2.75) is 37.8 Å². The Balaban J connectivity index is 1.46. The Morgan fingerprint density at radius 1 is 1.18 bits per heavy atom. The van der Waals surface area contributed by atoms with E-state index in [9.17, 15) is 13.2 Å². The number of imidazole rings is 1. The number of hydrogen-bond acceptors (Lipinski definition) is 6. The Bertz CT molecular complexity index is 1270. The molecule has 1 aliphatic heterocycles. The van der Waals surface area contributed by atoms with Crippen molar-refractivity contribution < 1.29 is 22.7 Å². The predicted octanol–water partition coefficient (Wildman–Crippen LogP) is 2.33. The quantitative estimate of drug-likeness (QED) is 0.498. The fraction of sp³-hybridized carbons (Fsp3) is 0.417. The van der Waals surface area contributed by atoms with Gasteiger partial charge in [0.05, 0.1) is 36.3 Å².